The maximum atomic E-state index is 10.6. The van der Waals surface area contributed by atoms with E-state index >= 15 is 0 Å². The molecule has 0 fully saturated rings. The Bertz CT molecular complexity index is 363. The van der Waals surface area contributed by atoms with Crippen molar-refractivity contribution in [1.82, 2.24) is 0 Å². The van der Waals surface area contributed by atoms with Gasteiger partial charge in [-0.3, -0.25) is 0 Å². The fraction of sp³-hybridized carbons (Fsp3) is 0.222. The molecule has 74 valence electrons. The van der Waals surface area contributed by atoms with Crippen LogP contribution in [0.4, 0.5) is 11.4 Å². The Labute approximate surface area is 81.3 Å². The molecule has 0 amide bonds. The minimum absolute atomic E-state index is 0.177. The van der Waals surface area contributed by atoms with Crippen LogP contribution >= 0.6 is 0 Å². The van der Waals surface area contributed by atoms with Crippen molar-refractivity contribution in [3.8, 4) is 0 Å². The minimum atomic E-state index is -0.988. The summed E-state index contributed by atoms with van der Waals surface area (Å²) in [6.45, 7) is 2.67. The van der Waals surface area contributed by atoms with E-state index in [2.05, 4.69) is 10.4 Å². The molecule has 0 unspecified atom stereocenters. The van der Waals surface area contributed by atoms with E-state index in [0.29, 0.717) is 5.69 Å². The fourth-order valence-electron chi connectivity index (χ4n) is 1.11. The summed E-state index contributed by atoms with van der Waals surface area (Å²) in [5, 5.41) is 15.3. The van der Waals surface area contributed by atoms with Crippen LogP contribution in [-0.4, -0.2) is 17.6 Å². The molecular weight excluding hydrogens is 182 g/mol. The Morgan fingerprint density at radius 3 is 2.86 bits per heavy atom. The van der Waals surface area contributed by atoms with Crippen LogP contribution in [0.15, 0.2) is 23.3 Å². The third-order valence-corrected chi connectivity index (χ3v) is 1.75. The molecule has 0 aliphatic heterocycles. The van der Waals surface area contributed by atoms with E-state index in [1.165, 1.54) is 12.1 Å². The van der Waals surface area contributed by atoms with E-state index in [9.17, 15) is 4.79 Å². The van der Waals surface area contributed by atoms with Gasteiger partial charge >= 0.3 is 5.97 Å². The third-order valence-electron chi connectivity index (χ3n) is 1.75. The van der Waals surface area contributed by atoms with Crippen molar-refractivity contribution >= 4 is 17.3 Å². The second-order valence-electron chi connectivity index (χ2n) is 2.70. The Morgan fingerprint density at radius 1 is 1.64 bits per heavy atom. The van der Waals surface area contributed by atoms with Crippen molar-refractivity contribution in [3.63, 3.8) is 0 Å². The number of hydrogen-bond acceptors (Lipinski definition) is 3. The Balaban J connectivity index is 3.11. The molecule has 0 saturated heterocycles. The van der Waals surface area contributed by atoms with Gasteiger partial charge in [0.25, 0.3) is 0 Å². The standard InChI is InChI=1S/C9H11N3O2/c1-2-11-7-4-3-6(9(13)14)5-8(7)12-10/h3-5,10-11H,2H2,1H3,(H,13,14)/p+1. The fourth-order valence-corrected chi connectivity index (χ4v) is 1.11. The number of nitrogens with one attached hydrogen (secondary N) is 1. The Kier molecular flexibility index (Phi) is 3.17. The summed E-state index contributed by atoms with van der Waals surface area (Å²) in [4.78, 5) is 10.6. The largest absolute Gasteiger partial charge is 0.478 e. The number of carboxylic acid groups (broad SMARTS) is 1. The molecule has 5 nitrogen and oxygen atoms in total. The van der Waals surface area contributed by atoms with Crippen LogP contribution in [0.1, 0.15) is 17.3 Å². The van der Waals surface area contributed by atoms with Gasteiger partial charge in [-0.1, -0.05) is 0 Å². The number of nitrogens with two attached hydrogens (primary N) is 1. The van der Waals surface area contributed by atoms with Gasteiger partial charge in [-0.05, 0) is 30.2 Å². The van der Waals surface area contributed by atoms with Crippen molar-refractivity contribution in [3.05, 3.63) is 23.8 Å². The number of aromatic carboxylic acids is 1. The average Bonchev–Trinajstić information content (AvgIpc) is 2.18. The highest BCUT2D eigenvalue weighted by Gasteiger charge is 2.08. The number of benzene rings is 1. The van der Waals surface area contributed by atoms with Crippen LogP contribution in [0, 0.1) is 0 Å². The monoisotopic (exact) mass is 194 g/mol. The van der Waals surface area contributed by atoms with Gasteiger partial charge in [-0.15, -0.1) is 0 Å². The van der Waals surface area contributed by atoms with Crippen LogP contribution in [0.25, 0.3) is 0 Å². The van der Waals surface area contributed by atoms with Crippen LogP contribution in [0.2, 0.25) is 0 Å². The first kappa shape index (κ1) is 10.2. The lowest BCUT2D eigenvalue weighted by Crippen LogP contribution is -2.22. The molecule has 1 aromatic carbocycles. The predicted octanol–water partition coefficient (Wildman–Crippen LogP) is 0.659. The lowest BCUT2D eigenvalue weighted by molar-refractivity contribution is -0.210. The molecule has 0 bridgehead atoms. The molecule has 4 N–H and O–H groups in total. The quantitative estimate of drug-likeness (QED) is 0.615. The molecule has 0 atom stereocenters. The molecule has 0 radical (unpaired) electrons. The maximum absolute atomic E-state index is 10.6. The number of rotatable bonds is 4. The van der Waals surface area contributed by atoms with E-state index in [-0.39, 0.29) is 5.56 Å². The molecule has 0 aromatic heterocycles. The Hall–Kier alpha value is -1.91. The molecule has 0 aliphatic rings. The summed E-state index contributed by atoms with van der Waals surface area (Å²) in [5.74, 6) is -0.988. The first-order valence-electron chi connectivity index (χ1n) is 4.21. The zero-order chi connectivity index (χ0) is 10.6. The number of hydrogen-bond donors (Lipinski definition) is 3. The first-order chi connectivity index (χ1) is 6.69. The van der Waals surface area contributed by atoms with Crippen molar-refractivity contribution in [2.45, 2.75) is 6.92 Å². The minimum Gasteiger partial charge on any atom is -0.478 e. The topological polar surface area (TPSA) is 87.3 Å². The van der Waals surface area contributed by atoms with Gasteiger partial charge < -0.3 is 10.4 Å². The second kappa shape index (κ2) is 4.36. The summed E-state index contributed by atoms with van der Waals surface area (Å²) < 4.78 is 0. The summed E-state index contributed by atoms with van der Waals surface area (Å²) in [6, 6.07) is 4.59. The summed E-state index contributed by atoms with van der Waals surface area (Å²) in [7, 11) is 0. The van der Waals surface area contributed by atoms with Gasteiger partial charge in [0, 0.05) is 6.54 Å². The zero-order valence-corrected chi connectivity index (χ0v) is 7.82. The molecule has 0 saturated carbocycles. The van der Waals surface area contributed by atoms with Crippen LogP contribution in [-0.2, 0) is 0 Å². The number of anilines is 1. The highest BCUT2D eigenvalue weighted by Crippen LogP contribution is 2.24. The van der Waals surface area contributed by atoms with Crippen LogP contribution < -0.4 is 10.8 Å². The van der Waals surface area contributed by atoms with E-state index < -0.39 is 5.97 Å². The lowest BCUT2D eigenvalue weighted by atomic mass is 10.2. The number of carbonyl (C=O) groups is 1. The molecule has 0 heterocycles. The maximum Gasteiger partial charge on any atom is 0.335 e. The molecule has 1 aromatic rings. The van der Waals surface area contributed by atoms with E-state index in [0.717, 1.165) is 12.2 Å². The molecular formula is C9H12N3O2+. The van der Waals surface area contributed by atoms with Crippen molar-refractivity contribution in [1.29, 1.82) is 0 Å². The van der Waals surface area contributed by atoms with Gasteiger partial charge in [0.15, 0.2) is 5.69 Å². The lowest BCUT2D eigenvalue weighted by Gasteiger charge is -2.04. The average molecular weight is 194 g/mol. The van der Waals surface area contributed by atoms with E-state index in [1.54, 1.807) is 6.07 Å². The smallest absolute Gasteiger partial charge is 0.335 e. The van der Waals surface area contributed by atoms with Gasteiger partial charge in [-0.2, -0.15) is 5.53 Å². The van der Waals surface area contributed by atoms with Gasteiger partial charge in [0.2, 0.25) is 0 Å². The van der Waals surface area contributed by atoms with E-state index in [4.69, 9.17) is 10.6 Å². The molecule has 14 heavy (non-hydrogen) atoms. The first-order valence-corrected chi connectivity index (χ1v) is 4.21. The zero-order valence-electron chi connectivity index (χ0n) is 7.82. The highest BCUT2D eigenvalue weighted by molar-refractivity contribution is 5.90. The number of nitrogens with zero attached hydrogens (tertiary/aromatic N) is 1. The number of carboxylic acids is 1. The van der Waals surface area contributed by atoms with Crippen LogP contribution in [0.3, 0.4) is 0 Å². The summed E-state index contributed by atoms with van der Waals surface area (Å²) in [6.07, 6.45) is 0. The highest BCUT2D eigenvalue weighted by atomic mass is 16.4. The molecule has 1 rings (SSSR count). The van der Waals surface area contributed by atoms with Crippen molar-refractivity contribution < 1.29 is 15.4 Å². The second-order valence-corrected chi connectivity index (χ2v) is 2.70. The molecule has 0 spiro atoms. The van der Waals surface area contributed by atoms with E-state index in [1.807, 2.05) is 6.92 Å². The van der Waals surface area contributed by atoms with Crippen molar-refractivity contribution in [2.24, 2.45) is 5.11 Å². The molecule has 0 aliphatic carbocycles. The van der Waals surface area contributed by atoms with Crippen LogP contribution in [0.5, 0.6) is 0 Å². The Morgan fingerprint density at radius 2 is 2.36 bits per heavy atom. The van der Waals surface area contributed by atoms with Gasteiger partial charge in [0.1, 0.15) is 0 Å². The third kappa shape index (κ3) is 2.07. The normalized spacial score (nSPS) is 9.50. The predicted molar refractivity (Wildman–Crippen MR) is 51.6 cm³/mol. The van der Waals surface area contributed by atoms with Gasteiger partial charge in [0.05, 0.1) is 11.3 Å². The molecule has 5 heteroatoms. The SMILES string of the molecule is CCNc1ccc(C(=O)O)cc1N=[NH2+]. The summed E-state index contributed by atoms with van der Waals surface area (Å²) >= 11 is 0. The van der Waals surface area contributed by atoms with Crippen molar-refractivity contribution in [2.75, 3.05) is 11.9 Å². The summed E-state index contributed by atoms with van der Waals surface area (Å²) in [5.41, 5.74) is 6.51. The van der Waals surface area contributed by atoms with Gasteiger partial charge in [-0.25, -0.2) is 4.79 Å².